The number of morpholine rings is 1. The molecule has 0 radical (unpaired) electrons. The van der Waals surface area contributed by atoms with Crippen molar-refractivity contribution in [3.63, 3.8) is 0 Å². The Kier molecular flexibility index (Phi) is 5.77. The maximum atomic E-state index is 12.1. The van der Waals surface area contributed by atoms with Gasteiger partial charge < -0.3 is 15.5 Å². The summed E-state index contributed by atoms with van der Waals surface area (Å²) < 4.78 is 5.53. The van der Waals surface area contributed by atoms with Crippen LogP contribution in [-0.4, -0.2) is 47.2 Å². The van der Waals surface area contributed by atoms with Crippen LogP contribution in [0.2, 0.25) is 5.02 Å². The molecule has 0 saturated carbocycles. The van der Waals surface area contributed by atoms with Crippen molar-refractivity contribution >= 4 is 34.9 Å². The van der Waals surface area contributed by atoms with Crippen molar-refractivity contribution in [2.24, 2.45) is 5.73 Å². The van der Waals surface area contributed by atoms with Crippen LogP contribution in [0.1, 0.15) is 5.82 Å². The van der Waals surface area contributed by atoms with Crippen LogP contribution in [0.15, 0.2) is 23.0 Å². The zero-order valence-electron chi connectivity index (χ0n) is 11.9. The summed E-state index contributed by atoms with van der Waals surface area (Å²) in [5, 5.41) is 1.04. The Hall–Kier alpha value is -1.18. The van der Waals surface area contributed by atoms with Gasteiger partial charge in [0.25, 0.3) is 5.56 Å². The fraction of sp³-hybridized carbons (Fsp3) is 0.429. The third-order valence-corrected chi connectivity index (χ3v) is 3.81. The number of hydrogen-bond acceptors (Lipinski definition) is 5. The summed E-state index contributed by atoms with van der Waals surface area (Å²) in [5.41, 5.74) is 6.12. The van der Waals surface area contributed by atoms with E-state index < -0.39 is 0 Å². The number of benzene rings is 1. The summed E-state index contributed by atoms with van der Waals surface area (Å²) in [4.78, 5) is 21.6. The summed E-state index contributed by atoms with van der Waals surface area (Å²) in [6, 6.07) is 5.13. The Morgan fingerprint density at radius 2 is 2.32 bits per heavy atom. The molecule has 0 spiro atoms. The molecular formula is C14H18Cl2N4O2. The highest BCUT2D eigenvalue weighted by molar-refractivity contribution is 6.31. The van der Waals surface area contributed by atoms with Crippen LogP contribution in [0.3, 0.4) is 0 Å². The molecule has 1 fully saturated rings. The minimum atomic E-state index is -0.166. The van der Waals surface area contributed by atoms with E-state index in [9.17, 15) is 4.79 Å². The predicted molar refractivity (Wildman–Crippen MR) is 88.7 cm³/mol. The summed E-state index contributed by atoms with van der Waals surface area (Å²) in [5.74, 6) is 0.646. The number of aromatic nitrogens is 2. The Morgan fingerprint density at radius 3 is 3.09 bits per heavy atom. The first-order valence-electron chi connectivity index (χ1n) is 6.88. The van der Waals surface area contributed by atoms with Gasteiger partial charge in [0.2, 0.25) is 0 Å². The van der Waals surface area contributed by atoms with Gasteiger partial charge in [0.1, 0.15) is 5.82 Å². The van der Waals surface area contributed by atoms with Gasteiger partial charge in [-0.25, -0.2) is 4.98 Å². The van der Waals surface area contributed by atoms with E-state index in [4.69, 9.17) is 22.1 Å². The number of halogens is 2. The van der Waals surface area contributed by atoms with Crippen molar-refractivity contribution in [1.29, 1.82) is 0 Å². The number of nitrogens with zero attached hydrogens (tertiary/aromatic N) is 2. The molecule has 0 bridgehead atoms. The van der Waals surface area contributed by atoms with Crippen LogP contribution >= 0.6 is 24.0 Å². The highest BCUT2D eigenvalue weighted by Crippen LogP contribution is 2.15. The maximum absolute atomic E-state index is 12.1. The first kappa shape index (κ1) is 17.2. The third-order valence-electron chi connectivity index (χ3n) is 3.58. The highest BCUT2D eigenvalue weighted by Gasteiger charge is 2.20. The van der Waals surface area contributed by atoms with Crippen LogP contribution in [0.4, 0.5) is 0 Å². The average Bonchev–Trinajstić information content (AvgIpc) is 2.48. The molecule has 1 aliphatic heterocycles. The summed E-state index contributed by atoms with van der Waals surface area (Å²) in [7, 11) is 0. The number of nitrogens with two attached hydrogens (primary N) is 1. The molecule has 1 aromatic carbocycles. The molecule has 1 aliphatic rings. The first-order valence-corrected chi connectivity index (χ1v) is 7.26. The van der Waals surface area contributed by atoms with Crippen molar-refractivity contribution in [2.75, 3.05) is 26.2 Å². The molecule has 0 aliphatic carbocycles. The van der Waals surface area contributed by atoms with E-state index in [2.05, 4.69) is 14.9 Å². The quantitative estimate of drug-likeness (QED) is 0.872. The predicted octanol–water partition coefficient (Wildman–Crippen LogP) is 1.16. The monoisotopic (exact) mass is 344 g/mol. The van der Waals surface area contributed by atoms with E-state index >= 15 is 0 Å². The van der Waals surface area contributed by atoms with Crippen molar-refractivity contribution < 1.29 is 4.74 Å². The van der Waals surface area contributed by atoms with Gasteiger partial charge in [-0.3, -0.25) is 9.69 Å². The fourth-order valence-corrected chi connectivity index (χ4v) is 2.68. The lowest BCUT2D eigenvalue weighted by Crippen LogP contribution is -2.45. The summed E-state index contributed by atoms with van der Waals surface area (Å²) in [6.45, 7) is 3.28. The van der Waals surface area contributed by atoms with Crippen molar-refractivity contribution in [3.05, 3.63) is 39.4 Å². The van der Waals surface area contributed by atoms with Crippen molar-refractivity contribution in [3.8, 4) is 0 Å². The molecule has 22 heavy (non-hydrogen) atoms. The fourth-order valence-electron chi connectivity index (χ4n) is 2.51. The van der Waals surface area contributed by atoms with Gasteiger partial charge in [-0.05, 0) is 18.2 Å². The zero-order valence-corrected chi connectivity index (χ0v) is 13.5. The van der Waals surface area contributed by atoms with E-state index in [1.807, 2.05) is 0 Å². The van der Waals surface area contributed by atoms with Crippen LogP contribution in [0.5, 0.6) is 0 Å². The minimum Gasteiger partial charge on any atom is -0.374 e. The molecular weight excluding hydrogens is 327 g/mol. The first-order chi connectivity index (χ1) is 10.2. The number of H-pyrrole nitrogens is 1. The summed E-state index contributed by atoms with van der Waals surface area (Å²) >= 11 is 5.90. The number of aromatic amines is 1. The van der Waals surface area contributed by atoms with Gasteiger partial charge in [-0.1, -0.05) is 11.6 Å². The van der Waals surface area contributed by atoms with E-state index in [-0.39, 0.29) is 24.1 Å². The number of nitrogens with one attached hydrogen (secondary N) is 1. The topological polar surface area (TPSA) is 84.2 Å². The smallest absolute Gasteiger partial charge is 0.258 e. The van der Waals surface area contributed by atoms with Gasteiger partial charge in [0, 0.05) is 24.7 Å². The van der Waals surface area contributed by atoms with Gasteiger partial charge in [-0.15, -0.1) is 12.4 Å². The number of hydrogen-bond donors (Lipinski definition) is 2. The number of fused-ring (bicyclic) bond motifs is 1. The third kappa shape index (κ3) is 3.77. The highest BCUT2D eigenvalue weighted by atomic mass is 35.5. The van der Waals surface area contributed by atoms with Crippen molar-refractivity contribution in [2.45, 2.75) is 12.6 Å². The molecule has 2 heterocycles. The minimum absolute atomic E-state index is 0. The van der Waals surface area contributed by atoms with E-state index in [1.54, 1.807) is 18.2 Å². The molecule has 3 N–H and O–H groups in total. The Balaban J connectivity index is 0.00000176. The van der Waals surface area contributed by atoms with E-state index in [1.165, 1.54) is 0 Å². The standard InChI is InChI=1S/C14H17ClN4O2.ClH/c15-9-1-2-12-11(5-9)14(20)18-13(17-12)8-19-3-4-21-10(6-16)7-19;/h1-2,5,10H,3-4,6-8,16H2,(H,17,18,20);1H. The Morgan fingerprint density at radius 1 is 1.50 bits per heavy atom. The van der Waals surface area contributed by atoms with Gasteiger partial charge in [0.15, 0.2) is 0 Å². The largest absolute Gasteiger partial charge is 0.374 e. The molecule has 1 atom stereocenters. The SMILES string of the molecule is Cl.NCC1CN(Cc2nc3ccc(Cl)cc3c(=O)[nH]2)CCO1. The Labute approximate surface area is 139 Å². The van der Waals surface area contributed by atoms with E-state index in [0.717, 1.165) is 13.1 Å². The van der Waals surface area contributed by atoms with Crippen LogP contribution in [0, 0.1) is 0 Å². The molecule has 3 rings (SSSR count). The molecule has 2 aromatic rings. The Bertz CT molecular complexity index is 707. The lowest BCUT2D eigenvalue weighted by atomic mass is 10.2. The van der Waals surface area contributed by atoms with Gasteiger partial charge in [-0.2, -0.15) is 0 Å². The normalized spacial score (nSPS) is 19.1. The second-order valence-electron chi connectivity index (χ2n) is 5.14. The number of ether oxygens (including phenoxy) is 1. The molecule has 0 amide bonds. The van der Waals surface area contributed by atoms with E-state index in [0.29, 0.717) is 41.4 Å². The molecule has 120 valence electrons. The van der Waals surface area contributed by atoms with Gasteiger partial charge in [0.05, 0.1) is 30.2 Å². The molecule has 6 nitrogen and oxygen atoms in total. The maximum Gasteiger partial charge on any atom is 0.258 e. The lowest BCUT2D eigenvalue weighted by molar-refractivity contribution is -0.0268. The second-order valence-corrected chi connectivity index (χ2v) is 5.57. The second kappa shape index (κ2) is 7.39. The van der Waals surface area contributed by atoms with Gasteiger partial charge >= 0.3 is 0 Å². The summed E-state index contributed by atoms with van der Waals surface area (Å²) in [6.07, 6.45) is 0.0461. The molecule has 1 saturated heterocycles. The molecule has 8 heteroatoms. The number of rotatable bonds is 3. The molecule has 1 unspecified atom stereocenters. The zero-order chi connectivity index (χ0) is 14.8. The van der Waals surface area contributed by atoms with Crippen LogP contribution in [0.25, 0.3) is 10.9 Å². The molecule has 1 aromatic heterocycles. The van der Waals surface area contributed by atoms with Crippen LogP contribution < -0.4 is 11.3 Å². The lowest BCUT2D eigenvalue weighted by Gasteiger charge is -2.31. The average molecular weight is 345 g/mol. The van der Waals surface area contributed by atoms with Crippen molar-refractivity contribution in [1.82, 2.24) is 14.9 Å². The van der Waals surface area contributed by atoms with Crippen LogP contribution in [-0.2, 0) is 11.3 Å².